The Hall–Kier alpha value is 0. The third-order valence-corrected chi connectivity index (χ3v) is 6.62. The number of hydrogen-bond acceptors (Lipinski definition) is 0. The lowest BCUT2D eigenvalue weighted by molar-refractivity contribution is -0.0494. The van der Waals surface area contributed by atoms with Gasteiger partial charge in [-0.1, -0.05) is 67.2 Å². The van der Waals surface area contributed by atoms with Crippen LogP contribution in [0.25, 0.3) is 0 Å². The number of rotatable bonds is 4. The summed E-state index contributed by atoms with van der Waals surface area (Å²) < 4.78 is 0. The predicted octanol–water partition coefficient (Wildman–Crippen LogP) is 5.67. The van der Waals surface area contributed by atoms with E-state index >= 15 is 0 Å². The van der Waals surface area contributed by atoms with Gasteiger partial charge < -0.3 is 0 Å². The van der Waals surface area contributed by atoms with Crippen LogP contribution in [0, 0.1) is 22.7 Å². The van der Waals surface area contributed by atoms with Crippen LogP contribution in [0.4, 0.5) is 0 Å². The summed E-state index contributed by atoms with van der Waals surface area (Å²) in [5.74, 6) is 1.80. The molecule has 1 rings (SSSR count). The van der Waals surface area contributed by atoms with Crippen LogP contribution in [0.1, 0.15) is 80.1 Å². The van der Waals surface area contributed by atoms with Crippen LogP contribution in [0.3, 0.4) is 0 Å². The molecule has 1 fully saturated rings. The van der Waals surface area contributed by atoms with Gasteiger partial charge in [-0.2, -0.15) is 0 Å². The van der Waals surface area contributed by atoms with Crippen LogP contribution >= 0.6 is 0 Å². The van der Waals surface area contributed by atoms with Gasteiger partial charge in [-0.15, -0.1) is 0 Å². The van der Waals surface area contributed by atoms with Crippen LogP contribution in [0.15, 0.2) is 0 Å². The minimum Gasteiger partial charge on any atom is -0.0648 e. The molecule has 96 valence electrons. The first-order chi connectivity index (χ1) is 7.52. The Balaban J connectivity index is 2.94. The van der Waals surface area contributed by atoms with Crippen molar-refractivity contribution in [3.05, 3.63) is 0 Å². The van der Waals surface area contributed by atoms with Crippen molar-refractivity contribution in [3.63, 3.8) is 0 Å². The first-order valence-corrected chi connectivity index (χ1v) is 7.52. The normalized spacial score (nSPS) is 32.6. The van der Waals surface area contributed by atoms with Crippen molar-refractivity contribution >= 4 is 0 Å². The van der Waals surface area contributed by atoms with Crippen molar-refractivity contribution in [1.29, 1.82) is 0 Å². The van der Waals surface area contributed by atoms with E-state index in [1.807, 2.05) is 0 Å². The highest BCUT2D eigenvalue weighted by Gasteiger charge is 2.48. The van der Waals surface area contributed by atoms with Crippen LogP contribution in [-0.2, 0) is 0 Å². The quantitative estimate of drug-likeness (QED) is 0.577. The summed E-state index contributed by atoms with van der Waals surface area (Å²) in [6.45, 7) is 14.7. The zero-order valence-electron chi connectivity index (χ0n) is 12.4. The maximum Gasteiger partial charge on any atom is -0.0274 e. The van der Waals surface area contributed by atoms with Crippen molar-refractivity contribution < 1.29 is 0 Å². The zero-order valence-corrected chi connectivity index (χ0v) is 12.4. The minimum atomic E-state index is 0.646. The molecule has 0 radical (unpaired) electrons. The molecule has 0 spiro atoms. The summed E-state index contributed by atoms with van der Waals surface area (Å²) in [4.78, 5) is 0. The average Bonchev–Trinajstić information content (AvgIpc) is 2.34. The Morgan fingerprint density at radius 3 is 1.12 bits per heavy atom. The summed E-state index contributed by atoms with van der Waals surface area (Å²) in [5, 5.41) is 0. The van der Waals surface area contributed by atoms with Gasteiger partial charge in [0.1, 0.15) is 0 Å². The van der Waals surface area contributed by atoms with Gasteiger partial charge in [0.2, 0.25) is 0 Å². The molecule has 0 heteroatoms. The highest BCUT2D eigenvalue weighted by Crippen LogP contribution is 2.58. The lowest BCUT2D eigenvalue weighted by Gasteiger charge is -2.55. The van der Waals surface area contributed by atoms with Crippen molar-refractivity contribution in [2.24, 2.45) is 22.7 Å². The molecule has 1 aliphatic rings. The van der Waals surface area contributed by atoms with E-state index in [9.17, 15) is 0 Å². The van der Waals surface area contributed by atoms with Gasteiger partial charge in [-0.3, -0.25) is 0 Å². The lowest BCUT2D eigenvalue weighted by atomic mass is 9.50. The average molecular weight is 224 g/mol. The molecule has 16 heavy (non-hydrogen) atoms. The van der Waals surface area contributed by atoms with E-state index in [1.54, 1.807) is 0 Å². The molecule has 2 atom stereocenters. The van der Waals surface area contributed by atoms with Gasteiger partial charge in [0.15, 0.2) is 0 Å². The molecule has 1 saturated carbocycles. The van der Waals surface area contributed by atoms with Crippen LogP contribution in [0.2, 0.25) is 0 Å². The molecule has 0 N–H and O–H groups in total. The molecule has 0 aromatic heterocycles. The summed E-state index contributed by atoms with van der Waals surface area (Å²) >= 11 is 0. The molecular formula is C16H32. The maximum absolute atomic E-state index is 2.52. The van der Waals surface area contributed by atoms with Crippen LogP contribution < -0.4 is 0 Å². The van der Waals surface area contributed by atoms with Crippen molar-refractivity contribution in [1.82, 2.24) is 0 Å². The van der Waals surface area contributed by atoms with E-state index in [4.69, 9.17) is 0 Å². The smallest absolute Gasteiger partial charge is 0.0274 e. The largest absolute Gasteiger partial charge is 0.0648 e. The first-order valence-electron chi connectivity index (χ1n) is 7.52. The fourth-order valence-corrected chi connectivity index (χ4v) is 4.51. The Labute approximate surface area is 103 Å². The monoisotopic (exact) mass is 224 g/mol. The Morgan fingerprint density at radius 2 is 0.938 bits per heavy atom. The second-order valence-corrected chi connectivity index (χ2v) is 6.22. The third-order valence-electron chi connectivity index (χ3n) is 6.62. The van der Waals surface area contributed by atoms with E-state index in [2.05, 4.69) is 41.5 Å². The second-order valence-electron chi connectivity index (χ2n) is 6.22. The molecule has 0 heterocycles. The van der Waals surface area contributed by atoms with E-state index in [0.29, 0.717) is 10.8 Å². The van der Waals surface area contributed by atoms with Gasteiger partial charge in [-0.25, -0.2) is 0 Å². The summed E-state index contributed by atoms with van der Waals surface area (Å²) in [7, 11) is 0. The van der Waals surface area contributed by atoms with Crippen molar-refractivity contribution in [2.45, 2.75) is 80.1 Å². The van der Waals surface area contributed by atoms with Gasteiger partial charge in [0.25, 0.3) is 0 Å². The molecular weight excluding hydrogens is 192 g/mol. The zero-order chi connectivity index (χ0) is 12.4. The molecule has 0 saturated heterocycles. The summed E-state index contributed by atoms with van der Waals surface area (Å²) in [6, 6.07) is 0. The standard InChI is InChI=1S/C16H32/c1-7-15(8-2)11-12-16(9-3,10-4)14(6)13(15)5/h13-14H,7-12H2,1-6H3/t13-,14+. The minimum absolute atomic E-state index is 0.646. The van der Waals surface area contributed by atoms with E-state index < -0.39 is 0 Å². The lowest BCUT2D eigenvalue weighted by Crippen LogP contribution is -2.46. The predicted molar refractivity (Wildman–Crippen MR) is 73.6 cm³/mol. The number of hydrogen-bond donors (Lipinski definition) is 0. The van der Waals surface area contributed by atoms with Gasteiger partial charge in [0.05, 0.1) is 0 Å². The van der Waals surface area contributed by atoms with Crippen molar-refractivity contribution in [3.8, 4) is 0 Å². The van der Waals surface area contributed by atoms with E-state index in [1.165, 1.54) is 38.5 Å². The van der Waals surface area contributed by atoms with Gasteiger partial charge >= 0.3 is 0 Å². The molecule has 0 aromatic carbocycles. The van der Waals surface area contributed by atoms with Crippen LogP contribution in [-0.4, -0.2) is 0 Å². The highest BCUT2D eigenvalue weighted by atomic mass is 14.5. The Kier molecular flexibility index (Phi) is 4.49. The topological polar surface area (TPSA) is 0 Å². The SMILES string of the molecule is CCC1(CC)CCC(CC)(CC)[C@@H](C)[C@H]1C. The molecule has 1 aliphatic carbocycles. The Bertz CT molecular complexity index is 184. The second kappa shape index (κ2) is 5.10. The van der Waals surface area contributed by atoms with Crippen LogP contribution in [0.5, 0.6) is 0 Å². The van der Waals surface area contributed by atoms with E-state index in [0.717, 1.165) is 11.8 Å². The molecule has 0 bridgehead atoms. The highest BCUT2D eigenvalue weighted by molar-refractivity contribution is 4.98. The summed E-state index contributed by atoms with van der Waals surface area (Å²) in [6.07, 6.45) is 8.43. The van der Waals surface area contributed by atoms with Gasteiger partial charge in [-0.05, 0) is 35.5 Å². The summed E-state index contributed by atoms with van der Waals surface area (Å²) in [5.41, 5.74) is 1.29. The maximum atomic E-state index is 2.52. The molecule has 0 aromatic rings. The fourth-order valence-electron chi connectivity index (χ4n) is 4.51. The fraction of sp³-hybridized carbons (Fsp3) is 1.00. The Morgan fingerprint density at radius 1 is 0.688 bits per heavy atom. The molecule has 0 amide bonds. The molecule has 0 unspecified atom stereocenters. The van der Waals surface area contributed by atoms with E-state index in [-0.39, 0.29) is 0 Å². The van der Waals surface area contributed by atoms with Crippen molar-refractivity contribution in [2.75, 3.05) is 0 Å². The third kappa shape index (κ3) is 1.93. The first kappa shape index (κ1) is 14.1. The van der Waals surface area contributed by atoms with Gasteiger partial charge in [0, 0.05) is 0 Å². The molecule has 0 nitrogen and oxygen atoms in total. The molecule has 0 aliphatic heterocycles.